The van der Waals surface area contributed by atoms with Crippen LogP contribution in [0.1, 0.15) is 40.5 Å². The van der Waals surface area contributed by atoms with Gasteiger partial charge in [-0.05, 0) is 39.8 Å². The first-order valence-electron chi connectivity index (χ1n) is 9.12. The van der Waals surface area contributed by atoms with Crippen LogP contribution in [0.2, 0.25) is 0 Å². The maximum Gasteiger partial charge on any atom is 0.191 e. The van der Waals surface area contributed by atoms with Crippen LogP contribution in [0.15, 0.2) is 28.0 Å². The van der Waals surface area contributed by atoms with Gasteiger partial charge in [-0.2, -0.15) is 0 Å². The van der Waals surface area contributed by atoms with Crippen molar-refractivity contribution in [1.82, 2.24) is 19.3 Å². The van der Waals surface area contributed by atoms with Crippen molar-refractivity contribution >= 4 is 17.5 Å². The molecule has 8 heteroatoms. The number of carbonyl (C=O) groups is 1. The second-order valence-corrected chi connectivity index (χ2v) is 7.87. The molecule has 28 heavy (non-hydrogen) atoms. The molecule has 0 aliphatic carbocycles. The minimum Gasteiger partial charge on any atom is -0.469 e. The fraction of sp³-hybridized carbons (Fsp3) is 0.450. The molecule has 3 rings (SSSR count). The molecule has 3 aromatic rings. The highest BCUT2D eigenvalue weighted by atomic mass is 32.2. The van der Waals surface area contributed by atoms with Gasteiger partial charge in [0.05, 0.1) is 30.2 Å². The van der Waals surface area contributed by atoms with Crippen LogP contribution in [0.3, 0.4) is 0 Å². The molecule has 3 aromatic heterocycles. The molecule has 7 nitrogen and oxygen atoms in total. The largest absolute Gasteiger partial charge is 0.469 e. The zero-order chi connectivity index (χ0) is 20.4. The molecule has 0 aliphatic rings. The summed E-state index contributed by atoms with van der Waals surface area (Å²) in [7, 11) is 3.58. The number of furan rings is 1. The standard InChI is InChI=1S/C20H26N4O3S/c1-12-9-17(14(3)24(12)13(2)10-26-6)18(25)11-28-20-22-21-19(23(20)5)16-7-8-27-15(16)4/h7-9,13H,10-11H2,1-6H3. The SMILES string of the molecule is COCC(C)n1c(C)cc(C(=O)CSc2nnc(-c3ccoc3C)n2C)c1C. The van der Waals surface area contributed by atoms with Crippen molar-refractivity contribution in [2.75, 3.05) is 19.5 Å². The van der Waals surface area contributed by atoms with E-state index < -0.39 is 0 Å². The van der Waals surface area contributed by atoms with Crippen LogP contribution >= 0.6 is 11.8 Å². The zero-order valence-electron chi connectivity index (χ0n) is 17.1. The third kappa shape index (κ3) is 3.79. The number of hydrogen-bond donors (Lipinski definition) is 0. The smallest absolute Gasteiger partial charge is 0.191 e. The first-order chi connectivity index (χ1) is 13.3. The molecule has 0 fully saturated rings. The molecule has 0 saturated carbocycles. The average Bonchev–Trinajstić information content (AvgIpc) is 3.31. The Kier molecular flexibility index (Phi) is 6.10. The van der Waals surface area contributed by atoms with Gasteiger partial charge in [0.15, 0.2) is 16.8 Å². The maximum absolute atomic E-state index is 12.8. The summed E-state index contributed by atoms with van der Waals surface area (Å²) in [6.45, 7) is 8.59. The lowest BCUT2D eigenvalue weighted by Crippen LogP contribution is -2.14. The van der Waals surface area contributed by atoms with Crippen LogP contribution < -0.4 is 0 Å². The highest BCUT2D eigenvalue weighted by Crippen LogP contribution is 2.27. The summed E-state index contributed by atoms with van der Waals surface area (Å²) < 4.78 is 14.7. The van der Waals surface area contributed by atoms with Crippen molar-refractivity contribution in [3.05, 3.63) is 41.1 Å². The van der Waals surface area contributed by atoms with Gasteiger partial charge >= 0.3 is 0 Å². The van der Waals surface area contributed by atoms with Crippen LogP contribution in [-0.2, 0) is 11.8 Å². The van der Waals surface area contributed by atoms with Gasteiger partial charge in [0.25, 0.3) is 0 Å². The Balaban J connectivity index is 1.74. The van der Waals surface area contributed by atoms with Crippen LogP contribution in [0, 0.1) is 20.8 Å². The number of Topliss-reactive ketones (excluding diaryl/α,β-unsaturated/α-hetero) is 1. The van der Waals surface area contributed by atoms with Gasteiger partial charge in [0.2, 0.25) is 0 Å². The summed E-state index contributed by atoms with van der Waals surface area (Å²) in [5, 5.41) is 9.19. The van der Waals surface area contributed by atoms with Gasteiger partial charge in [0, 0.05) is 31.1 Å². The number of ketones is 1. The number of hydrogen-bond acceptors (Lipinski definition) is 6. The minimum atomic E-state index is 0.0815. The molecule has 1 unspecified atom stereocenters. The molecule has 0 aliphatic heterocycles. The second kappa shape index (κ2) is 8.36. The molecule has 0 radical (unpaired) electrons. The molecule has 150 valence electrons. The number of methoxy groups -OCH3 is 1. The molecule has 3 heterocycles. The van der Waals surface area contributed by atoms with E-state index in [-0.39, 0.29) is 11.8 Å². The first-order valence-corrected chi connectivity index (χ1v) is 10.1. The number of ether oxygens (including phenoxy) is 1. The second-order valence-electron chi connectivity index (χ2n) is 6.93. The average molecular weight is 403 g/mol. The Labute approximate surface area is 169 Å². The summed E-state index contributed by atoms with van der Waals surface area (Å²) in [5.74, 6) is 1.91. The lowest BCUT2D eigenvalue weighted by molar-refractivity contribution is 0.102. The Morgan fingerprint density at radius 3 is 2.71 bits per heavy atom. The van der Waals surface area contributed by atoms with Crippen LogP contribution in [0.5, 0.6) is 0 Å². The van der Waals surface area contributed by atoms with Crippen LogP contribution in [0.25, 0.3) is 11.4 Å². The molecule has 0 saturated heterocycles. The van der Waals surface area contributed by atoms with Crippen molar-refractivity contribution < 1.29 is 13.9 Å². The minimum absolute atomic E-state index is 0.0815. The van der Waals surface area contributed by atoms with Gasteiger partial charge in [-0.25, -0.2) is 0 Å². The molecule has 0 spiro atoms. The summed E-state index contributed by atoms with van der Waals surface area (Å²) >= 11 is 1.39. The van der Waals surface area contributed by atoms with Crippen molar-refractivity contribution in [1.29, 1.82) is 0 Å². The van der Waals surface area contributed by atoms with E-state index in [1.54, 1.807) is 13.4 Å². The van der Waals surface area contributed by atoms with E-state index in [0.29, 0.717) is 17.5 Å². The monoisotopic (exact) mass is 402 g/mol. The highest BCUT2D eigenvalue weighted by Gasteiger charge is 2.20. The fourth-order valence-corrected chi connectivity index (χ4v) is 4.35. The lowest BCUT2D eigenvalue weighted by atomic mass is 10.2. The fourth-order valence-electron chi connectivity index (χ4n) is 3.55. The van der Waals surface area contributed by atoms with Gasteiger partial charge in [0.1, 0.15) is 5.76 Å². The number of aromatic nitrogens is 4. The summed E-state index contributed by atoms with van der Waals surface area (Å²) in [6.07, 6.45) is 1.63. The van der Waals surface area contributed by atoms with E-state index in [0.717, 1.165) is 34.1 Å². The van der Waals surface area contributed by atoms with Gasteiger partial charge in [-0.15, -0.1) is 10.2 Å². The summed E-state index contributed by atoms with van der Waals surface area (Å²) in [6, 6.07) is 4.01. The molecule has 0 bridgehead atoms. The van der Waals surface area contributed by atoms with E-state index >= 15 is 0 Å². The van der Waals surface area contributed by atoms with Crippen molar-refractivity contribution in [2.45, 2.75) is 38.9 Å². The van der Waals surface area contributed by atoms with E-state index in [1.807, 2.05) is 44.5 Å². The topological polar surface area (TPSA) is 75.1 Å². The first kappa shape index (κ1) is 20.4. The van der Waals surface area contributed by atoms with Crippen LogP contribution in [0.4, 0.5) is 0 Å². The van der Waals surface area contributed by atoms with E-state index in [2.05, 4.69) is 21.7 Å². The summed E-state index contributed by atoms with van der Waals surface area (Å²) in [4.78, 5) is 12.8. The molecule has 0 N–H and O–H groups in total. The number of thioether (sulfide) groups is 1. The van der Waals surface area contributed by atoms with Gasteiger partial charge < -0.3 is 18.3 Å². The van der Waals surface area contributed by atoms with Crippen LogP contribution in [-0.4, -0.2) is 44.6 Å². The Morgan fingerprint density at radius 2 is 2.07 bits per heavy atom. The number of aryl methyl sites for hydroxylation is 2. The van der Waals surface area contributed by atoms with E-state index in [4.69, 9.17) is 9.15 Å². The van der Waals surface area contributed by atoms with Crippen molar-refractivity contribution in [3.8, 4) is 11.4 Å². The normalized spacial score (nSPS) is 12.5. The maximum atomic E-state index is 12.8. The molecular weight excluding hydrogens is 376 g/mol. The van der Waals surface area contributed by atoms with E-state index in [1.165, 1.54) is 11.8 Å². The quantitative estimate of drug-likeness (QED) is 0.419. The molecule has 0 aromatic carbocycles. The summed E-state index contributed by atoms with van der Waals surface area (Å²) in [5.41, 5.74) is 3.69. The van der Waals surface area contributed by atoms with Crippen molar-refractivity contribution in [2.24, 2.45) is 7.05 Å². The lowest BCUT2D eigenvalue weighted by Gasteiger charge is -2.17. The number of nitrogens with zero attached hydrogens (tertiary/aromatic N) is 4. The molecular formula is C20H26N4O3S. The highest BCUT2D eigenvalue weighted by molar-refractivity contribution is 7.99. The third-order valence-electron chi connectivity index (χ3n) is 4.90. The van der Waals surface area contributed by atoms with Gasteiger partial charge in [-0.1, -0.05) is 11.8 Å². The Morgan fingerprint density at radius 1 is 1.32 bits per heavy atom. The predicted molar refractivity (Wildman–Crippen MR) is 109 cm³/mol. The number of carbonyl (C=O) groups excluding carboxylic acids is 1. The van der Waals surface area contributed by atoms with E-state index in [9.17, 15) is 4.79 Å². The molecule has 0 amide bonds. The third-order valence-corrected chi connectivity index (χ3v) is 5.92. The number of rotatable bonds is 8. The Hall–Kier alpha value is -2.32. The predicted octanol–water partition coefficient (Wildman–Crippen LogP) is 3.98. The van der Waals surface area contributed by atoms with Crippen molar-refractivity contribution in [3.63, 3.8) is 0 Å². The Bertz CT molecular complexity index is 986. The van der Waals surface area contributed by atoms with Gasteiger partial charge in [-0.3, -0.25) is 4.79 Å². The zero-order valence-corrected chi connectivity index (χ0v) is 18.0. The molecule has 1 atom stereocenters.